The molecule has 2 rings (SSSR count). The molecule has 1 heterocycles. The second-order valence-electron chi connectivity index (χ2n) is 3.97. The number of hydrogen-bond donors (Lipinski definition) is 1. The molecular weight excluding hydrogens is 270 g/mol. The second-order valence-corrected chi connectivity index (χ2v) is 4.83. The summed E-state index contributed by atoms with van der Waals surface area (Å²) in [5, 5.41) is 4.70. The molecule has 3 nitrogen and oxygen atoms in total. The van der Waals surface area contributed by atoms with Crippen LogP contribution in [0.15, 0.2) is 23.6 Å². The van der Waals surface area contributed by atoms with E-state index in [4.69, 9.17) is 0 Å². The average molecular weight is 282 g/mol. The minimum Gasteiger partial charge on any atom is -0.356 e. The molecule has 0 aliphatic carbocycles. The van der Waals surface area contributed by atoms with Gasteiger partial charge in [0.2, 0.25) is 5.91 Å². The van der Waals surface area contributed by atoms with Crippen molar-refractivity contribution in [3.05, 3.63) is 40.9 Å². The third-order valence-electron chi connectivity index (χ3n) is 2.48. The molecule has 0 saturated carbocycles. The molecule has 2 aromatic rings. The van der Waals surface area contributed by atoms with E-state index < -0.39 is 11.6 Å². The van der Waals surface area contributed by atoms with Gasteiger partial charge in [0.1, 0.15) is 16.6 Å². The first-order valence-electron chi connectivity index (χ1n) is 5.71. The fourth-order valence-corrected chi connectivity index (χ4v) is 2.51. The molecule has 0 bridgehead atoms. The number of aromatic nitrogens is 1. The predicted octanol–water partition coefficient (Wildman–Crippen LogP) is 2.77. The van der Waals surface area contributed by atoms with Crippen LogP contribution in [-0.2, 0) is 11.2 Å². The number of halogens is 2. The van der Waals surface area contributed by atoms with Crippen LogP contribution in [0.25, 0.3) is 10.6 Å². The lowest BCUT2D eigenvalue weighted by Crippen LogP contribution is -2.22. The van der Waals surface area contributed by atoms with E-state index in [2.05, 4.69) is 10.3 Å². The van der Waals surface area contributed by atoms with Crippen molar-refractivity contribution in [1.29, 1.82) is 0 Å². The van der Waals surface area contributed by atoms with Crippen LogP contribution < -0.4 is 5.32 Å². The van der Waals surface area contributed by atoms with Crippen LogP contribution in [0.1, 0.15) is 12.6 Å². The SMILES string of the molecule is CC(=O)NCCc1csc(-c2c(F)cccc2F)n1. The maximum atomic E-state index is 13.6. The molecule has 0 atom stereocenters. The quantitative estimate of drug-likeness (QED) is 0.937. The highest BCUT2D eigenvalue weighted by Gasteiger charge is 2.14. The van der Waals surface area contributed by atoms with Crippen molar-refractivity contribution < 1.29 is 13.6 Å². The van der Waals surface area contributed by atoms with E-state index in [-0.39, 0.29) is 11.5 Å². The van der Waals surface area contributed by atoms with Crippen molar-refractivity contribution in [1.82, 2.24) is 10.3 Å². The summed E-state index contributed by atoms with van der Waals surface area (Å²) in [4.78, 5) is 14.9. The zero-order valence-corrected chi connectivity index (χ0v) is 11.1. The summed E-state index contributed by atoms with van der Waals surface area (Å²) in [6.45, 7) is 1.89. The van der Waals surface area contributed by atoms with Crippen molar-refractivity contribution in [2.24, 2.45) is 0 Å². The van der Waals surface area contributed by atoms with Gasteiger partial charge in [-0.05, 0) is 12.1 Å². The highest BCUT2D eigenvalue weighted by atomic mass is 32.1. The van der Waals surface area contributed by atoms with Crippen LogP contribution in [0.2, 0.25) is 0 Å². The summed E-state index contributed by atoms with van der Waals surface area (Å²) in [6.07, 6.45) is 0.534. The Hall–Kier alpha value is -1.82. The Morgan fingerprint density at radius 1 is 1.37 bits per heavy atom. The molecule has 1 aromatic carbocycles. The highest BCUT2D eigenvalue weighted by Crippen LogP contribution is 2.28. The smallest absolute Gasteiger partial charge is 0.216 e. The van der Waals surface area contributed by atoms with E-state index in [0.717, 1.165) is 0 Å². The third kappa shape index (κ3) is 3.35. The molecule has 0 aliphatic heterocycles. The maximum absolute atomic E-state index is 13.6. The molecule has 0 aliphatic rings. The van der Waals surface area contributed by atoms with Crippen molar-refractivity contribution in [2.75, 3.05) is 6.54 Å². The van der Waals surface area contributed by atoms with E-state index in [1.807, 2.05) is 0 Å². The molecule has 100 valence electrons. The molecule has 1 N–H and O–H groups in total. The van der Waals surface area contributed by atoms with Gasteiger partial charge in [0.05, 0.1) is 11.3 Å². The summed E-state index contributed by atoms with van der Waals surface area (Å²) < 4.78 is 27.1. The number of nitrogens with one attached hydrogen (secondary N) is 1. The fourth-order valence-electron chi connectivity index (χ4n) is 1.61. The molecule has 1 aromatic heterocycles. The molecule has 1 amide bonds. The van der Waals surface area contributed by atoms with Crippen molar-refractivity contribution in [3.63, 3.8) is 0 Å². The molecule has 0 spiro atoms. The van der Waals surface area contributed by atoms with Crippen LogP contribution in [0, 0.1) is 11.6 Å². The topological polar surface area (TPSA) is 42.0 Å². The van der Waals surface area contributed by atoms with E-state index in [9.17, 15) is 13.6 Å². The number of benzene rings is 1. The summed E-state index contributed by atoms with van der Waals surface area (Å²) in [7, 11) is 0. The first-order valence-corrected chi connectivity index (χ1v) is 6.59. The van der Waals surface area contributed by atoms with Crippen LogP contribution in [0.3, 0.4) is 0 Å². The highest BCUT2D eigenvalue weighted by molar-refractivity contribution is 7.13. The van der Waals surface area contributed by atoms with E-state index in [0.29, 0.717) is 23.7 Å². The lowest BCUT2D eigenvalue weighted by atomic mass is 10.2. The Balaban J connectivity index is 2.15. The minimum atomic E-state index is -0.622. The normalized spacial score (nSPS) is 10.5. The van der Waals surface area contributed by atoms with Crippen LogP contribution in [-0.4, -0.2) is 17.4 Å². The summed E-state index contributed by atoms with van der Waals surface area (Å²) in [6, 6.07) is 3.73. The maximum Gasteiger partial charge on any atom is 0.216 e. The van der Waals surface area contributed by atoms with Gasteiger partial charge in [-0.25, -0.2) is 13.8 Å². The average Bonchev–Trinajstić information content (AvgIpc) is 2.77. The zero-order chi connectivity index (χ0) is 13.8. The van der Waals surface area contributed by atoms with Gasteiger partial charge in [0.25, 0.3) is 0 Å². The van der Waals surface area contributed by atoms with Crippen LogP contribution in [0.4, 0.5) is 8.78 Å². The predicted molar refractivity (Wildman–Crippen MR) is 69.9 cm³/mol. The van der Waals surface area contributed by atoms with Crippen molar-refractivity contribution in [3.8, 4) is 10.6 Å². The van der Waals surface area contributed by atoms with Gasteiger partial charge in [-0.2, -0.15) is 0 Å². The Kier molecular flexibility index (Phi) is 4.21. The summed E-state index contributed by atoms with van der Waals surface area (Å²) in [5.74, 6) is -1.36. The van der Waals surface area contributed by atoms with Gasteiger partial charge >= 0.3 is 0 Å². The van der Waals surface area contributed by atoms with E-state index in [1.54, 1.807) is 5.38 Å². The Morgan fingerprint density at radius 3 is 2.68 bits per heavy atom. The first-order chi connectivity index (χ1) is 9.08. The Bertz CT molecular complexity index is 578. The molecule has 0 saturated heterocycles. The van der Waals surface area contributed by atoms with Gasteiger partial charge in [-0.3, -0.25) is 4.79 Å². The van der Waals surface area contributed by atoms with Gasteiger partial charge < -0.3 is 5.32 Å². The van der Waals surface area contributed by atoms with Crippen LogP contribution in [0.5, 0.6) is 0 Å². The fraction of sp³-hybridized carbons (Fsp3) is 0.231. The van der Waals surface area contributed by atoms with E-state index in [1.165, 1.54) is 36.5 Å². The zero-order valence-electron chi connectivity index (χ0n) is 10.2. The minimum absolute atomic E-state index is 0.0988. The van der Waals surface area contributed by atoms with Gasteiger partial charge in [-0.15, -0.1) is 11.3 Å². The third-order valence-corrected chi connectivity index (χ3v) is 3.39. The number of hydrogen-bond acceptors (Lipinski definition) is 3. The number of rotatable bonds is 4. The number of carbonyl (C=O) groups excluding carboxylic acids is 1. The first kappa shape index (κ1) is 13.6. The molecule has 0 unspecified atom stereocenters. The molecule has 19 heavy (non-hydrogen) atoms. The Labute approximate surface area is 113 Å². The van der Waals surface area contributed by atoms with E-state index >= 15 is 0 Å². The van der Waals surface area contributed by atoms with Crippen molar-refractivity contribution in [2.45, 2.75) is 13.3 Å². The lowest BCUT2D eigenvalue weighted by Gasteiger charge is -2.01. The monoisotopic (exact) mass is 282 g/mol. The summed E-state index contributed by atoms with van der Waals surface area (Å²) in [5.41, 5.74) is 0.606. The lowest BCUT2D eigenvalue weighted by molar-refractivity contribution is -0.118. The van der Waals surface area contributed by atoms with Gasteiger partial charge in [-0.1, -0.05) is 6.07 Å². The molecule has 0 fully saturated rings. The standard InChI is InChI=1S/C13H12F2N2OS/c1-8(18)16-6-5-9-7-19-13(17-9)12-10(14)3-2-4-11(12)15/h2-4,7H,5-6H2,1H3,(H,16,18). The largest absolute Gasteiger partial charge is 0.356 e. The van der Waals surface area contributed by atoms with Crippen LogP contribution >= 0.6 is 11.3 Å². The number of carbonyl (C=O) groups is 1. The Morgan fingerprint density at radius 2 is 2.05 bits per heavy atom. The second kappa shape index (κ2) is 5.88. The summed E-state index contributed by atoms with van der Waals surface area (Å²) >= 11 is 1.19. The number of amides is 1. The van der Waals surface area contributed by atoms with Crippen molar-refractivity contribution >= 4 is 17.2 Å². The number of nitrogens with zero attached hydrogens (tertiary/aromatic N) is 1. The van der Waals surface area contributed by atoms with Gasteiger partial charge in [0, 0.05) is 25.3 Å². The van der Waals surface area contributed by atoms with Gasteiger partial charge in [0.15, 0.2) is 0 Å². The molecule has 6 heteroatoms. The number of thiazole rings is 1. The molecule has 0 radical (unpaired) electrons. The molecular formula is C13H12F2N2OS.